The van der Waals surface area contributed by atoms with Crippen molar-refractivity contribution in [3.05, 3.63) is 96.2 Å². The first-order valence-corrected chi connectivity index (χ1v) is 10.6. The van der Waals surface area contributed by atoms with Gasteiger partial charge in [-0.3, -0.25) is 9.20 Å². The Morgan fingerprint density at radius 3 is 2.14 bits per heavy atom. The second kappa shape index (κ2) is 7.33. The Labute approximate surface area is 176 Å². The molecule has 0 bridgehead atoms. The van der Waals surface area contributed by atoms with Crippen LogP contribution in [0, 0.1) is 0 Å². The zero-order valence-electron chi connectivity index (χ0n) is 15.6. The lowest BCUT2D eigenvalue weighted by atomic mass is 10.1. The summed E-state index contributed by atoms with van der Waals surface area (Å²) < 4.78 is 4.19. The summed E-state index contributed by atoms with van der Waals surface area (Å²) in [6.07, 6.45) is 0. The van der Waals surface area contributed by atoms with Crippen molar-refractivity contribution in [2.45, 2.75) is 6.54 Å². The molecule has 5 heteroatoms. The van der Waals surface area contributed by atoms with Gasteiger partial charge in [-0.1, -0.05) is 88.7 Å². The summed E-state index contributed by atoms with van der Waals surface area (Å²) in [5.74, 6) is 0.789. The first-order valence-electron chi connectivity index (χ1n) is 9.46. The molecule has 0 aliphatic rings. The second-order valence-corrected chi connectivity index (χ2v) is 7.49. The van der Waals surface area contributed by atoms with E-state index in [1.807, 2.05) is 71.1 Å². The molecule has 5 aromatic rings. The SMILES string of the molecule is O=C(CBr)c1c(-c2ccccc2)nc2n(Cc3ccccc3)c3ccccc3n12. The topological polar surface area (TPSA) is 39.3 Å². The van der Waals surface area contributed by atoms with Gasteiger partial charge in [0.1, 0.15) is 11.4 Å². The van der Waals surface area contributed by atoms with E-state index in [4.69, 9.17) is 4.98 Å². The van der Waals surface area contributed by atoms with Gasteiger partial charge in [-0.15, -0.1) is 0 Å². The van der Waals surface area contributed by atoms with E-state index in [0.717, 1.165) is 28.1 Å². The zero-order chi connectivity index (χ0) is 19.8. The molecular weight excluding hydrogens is 426 g/mol. The van der Waals surface area contributed by atoms with E-state index in [9.17, 15) is 4.79 Å². The third-order valence-electron chi connectivity index (χ3n) is 5.13. The van der Waals surface area contributed by atoms with Crippen LogP contribution in [0.3, 0.4) is 0 Å². The number of nitrogens with zero attached hydrogens (tertiary/aromatic N) is 3. The summed E-state index contributed by atoms with van der Waals surface area (Å²) in [4.78, 5) is 17.9. The Morgan fingerprint density at radius 2 is 1.45 bits per heavy atom. The van der Waals surface area contributed by atoms with E-state index in [2.05, 4.69) is 38.7 Å². The predicted molar refractivity (Wildman–Crippen MR) is 120 cm³/mol. The van der Waals surface area contributed by atoms with Gasteiger partial charge in [0.15, 0.2) is 5.78 Å². The quantitative estimate of drug-likeness (QED) is 0.262. The highest BCUT2D eigenvalue weighted by Gasteiger charge is 2.24. The van der Waals surface area contributed by atoms with Crippen LogP contribution in [0.2, 0.25) is 0 Å². The molecule has 0 aliphatic heterocycles. The number of carbonyl (C=O) groups is 1. The van der Waals surface area contributed by atoms with Gasteiger partial charge in [0.2, 0.25) is 5.78 Å². The number of hydrogen-bond acceptors (Lipinski definition) is 2. The number of aromatic nitrogens is 3. The Kier molecular flexibility index (Phi) is 4.52. The van der Waals surface area contributed by atoms with Crippen LogP contribution in [-0.4, -0.2) is 25.1 Å². The van der Waals surface area contributed by atoms with Gasteiger partial charge in [-0.25, -0.2) is 4.98 Å². The van der Waals surface area contributed by atoms with E-state index in [1.54, 1.807) is 0 Å². The fourth-order valence-electron chi connectivity index (χ4n) is 3.85. The molecule has 0 amide bonds. The number of hydrogen-bond donors (Lipinski definition) is 0. The molecule has 0 unspecified atom stereocenters. The molecule has 0 N–H and O–H groups in total. The van der Waals surface area contributed by atoms with Crippen LogP contribution >= 0.6 is 15.9 Å². The fraction of sp³-hybridized carbons (Fsp3) is 0.0833. The number of halogens is 1. The highest BCUT2D eigenvalue weighted by Crippen LogP contribution is 2.31. The molecule has 29 heavy (non-hydrogen) atoms. The smallest absolute Gasteiger partial charge is 0.216 e. The number of Topliss-reactive ketones (excluding diaryl/α,β-unsaturated/α-hetero) is 1. The standard InChI is InChI=1S/C24H18BrN3O/c25-15-21(29)23-22(18-11-5-2-6-12-18)26-24-27(16-17-9-3-1-4-10-17)19-13-7-8-14-20(19)28(23)24/h1-14H,15-16H2. The van der Waals surface area contributed by atoms with Crippen molar-refractivity contribution in [2.24, 2.45) is 0 Å². The average molecular weight is 444 g/mol. The lowest BCUT2D eigenvalue weighted by molar-refractivity contribution is 0.101. The number of para-hydroxylation sites is 2. The van der Waals surface area contributed by atoms with Crippen LogP contribution in [0.15, 0.2) is 84.9 Å². The van der Waals surface area contributed by atoms with Crippen molar-refractivity contribution >= 4 is 38.5 Å². The Morgan fingerprint density at radius 1 is 0.828 bits per heavy atom. The molecule has 2 heterocycles. The minimum atomic E-state index is 0.0129. The van der Waals surface area contributed by atoms with Crippen molar-refractivity contribution in [3.8, 4) is 11.3 Å². The lowest BCUT2D eigenvalue weighted by Crippen LogP contribution is -2.06. The summed E-state index contributed by atoms with van der Waals surface area (Å²) in [5, 5.41) is 0.249. The van der Waals surface area contributed by atoms with Crippen molar-refractivity contribution in [1.82, 2.24) is 14.0 Å². The summed E-state index contributed by atoms with van der Waals surface area (Å²) >= 11 is 3.36. The van der Waals surface area contributed by atoms with Gasteiger partial charge in [0.25, 0.3) is 0 Å². The normalized spacial score (nSPS) is 11.3. The predicted octanol–water partition coefficient (Wildman–Crippen LogP) is 5.58. The number of imidazole rings is 2. The van der Waals surface area contributed by atoms with Gasteiger partial charge in [0, 0.05) is 5.56 Å². The van der Waals surface area contributed by atoms with Crippen molar-refractivity contribution in [2.75, 3.05) is 5.33 Å². The molecular formula is C24H18BrN3O. The molecule has 4 nitrogen and oxygen atoms in total. The zero-order valence-corrected chi connectivity index (χ0v) is 17.2. The van der Waals surface area contributed by atoms with Gasteiger partial charge in [0.05, 0.1) is 22.9 Å². The minimum Gasteiger partial charge on any atom is -0.305 e. The van der Waals surface area contributed by atoms with Crippen LogP contribution in [-0.2, 0) is 6.54 Å². The van der Waals surface area contributed by atoms with E-state index >= 15 is 0 Å². The number of fused-ring (bicyclic) bond motifs is 3. The van der Waals surface area contributed by atoms with E-state index in [-0.39, 0.29) is 11.1 Å². The molecule has 0 aliphatic carbocycles. The van der Waals surface area contributed by atoms with E-state index in [1.165, 1.54) is 5.56 Å². The Bertz CT molecular complexity index is 1320. The van der Waals surface area contributed by atoms with Crippen molar-refractivity contribution < 1.29 is 4.79 Å². The summed E-state index contributed by atoms with van der Waals surface area (Å²) in [5.41, 5.74) is 5.51. The number of rotatable bonds is 5. The maximum absolute atomic E-state index is 13.0. The maximum Gasteiger partial charge on any atom is 0.216 e. The highest BCUT2D eigenvalue weighted by molar-refractivity contribution is 9.09. The molecule has 142 valence electrons. The van der Waals surface area contributed by atoms with Crippen LogP contribution in [0.5, 0.6) is 0 Å². The van der Waals surface area contributed by atoms with Crippen LogP contribution < -0.4 is 0 Å². The first kappa shape index (κ1) is 17.9. The van der Waals surface area contributed by atoms with Crippen molar-refractivity contribution in [3.63, 3.8) is 0 Å². The molecule has 0 spiro atoms. The monoisotopic (exact) mass is 443 g/mol. The molecule has 0 atom stereocenters. The largest absolute Gasteiger partial charge is 0.305 e. The van der Waals surface area contributed by atoms with Crippen LogP contribution in [0.25, 0.3) is 28.1 Å². The third kappa shape index (κ3) is 2.98. The maximum atomic E-state index is 13.0. The molecule has 0 radical (unpaired) electrons. The van der Waals surface area contributed by atoms with E-state index < -0.39 is 0 Å². The number of alkyl halides is 1. The van der Waals surface area contributed by atoms with Crippen molar-refractivity contribution in [1.29, 1.82) is 0 Å². The molecule has 0 fully saturated rings. The van der Waals surface area contributed by atoms with Gasteiger partial charge in [-0.2, -0.15) is 0 Å². The van der Waals surface area contributed by atoms with E-state index in [0.29, 0.717) is 12.2 Å². The number of ketones is 1. The average Bonchev–Trinajstić information content (AvgIpc) is 3.31. The molecule has 5 rings (SSSR count). The minimum absolute atomic E-state index is 0.0129. The lowest BCUT2D eigenvalue weighted by Gasteiger charge is -2.05. The Balaban J connectivity index is 1.85. The molecule has 2 aromatic heterocycles. The van der Waals surface area contributed by atoms with Crippen LogP contribution in [0.4, 0.5) is 0 Å². The van der Waals surface area contributed by atoms with Gasteiger partial charge in [-0.05, 0) is 17.7 Å². The Hall–Kier alpha value is -3.18. The summed E-state index contributed by atoms with van der Waals surface area (Å²) in [6, 6.07) is 28.4. The molecule has 3 aromatic carbocycles. The highest BCUT2D eigenvalue weighted by atomic mass is 79.9. The number of benzene rings is 3. The summed E-state index contributed by atoms with van der Waals surface area (Å²) in [6.45, 7) is 0.686. The fourth-order valence-corrected chi connectivity index (χ4v) is 4.11. The summed E-state index contributed by atoms with van der Waals surface area (Å²) in [7, 11) is 0. The number of carbonyl (C=O) groups excluding carboxylic acids is 1. The van der Waals surface area contributed by atoms with Crippen LogP contribution in [0.1, 0.15) is 16.1 Å². The van der Waals surface area contributed by atoms with Gasteiger partial charge >= 0.3 is 0 Å². The molecule has 0 saturated heterocycles. The second-order valence-electron chi connectivity index (χ2n) is 6.93. The van der Waals surface area contributed by atoms with Gasteiger partial charge < -0.3 is 4.57 Å². The first-order chi connectivity index (χ1) is 14.3. The molecule has 0 saturated carbocycles. The third-order valence-corrected chi connectivity index (χ3v) is 5.64.